The first-order valence-electron chi connectivity index (χ1n) is 10.5. The third kappa shape index (κ3) is 4.62. The van der Waals surface area contributed by atoms with Gasteiger partial charge in [-0.15, -0.1) is 0 Å². The molecule has 9 heteroatoms. The zero-order chi connectivity index (χ0) is 22.7. The van der Waals surface area contributed by atoms with Crippen molar-refractivity contribution in [1.82, 2.24) is 20.1 Å². The number of hydrogen-bond acceptors (Lipinski definition) is 5. The van der Waals surface area contributed by atoms with Crippen molar-refractivity contribution in [2.75, 3.05) is 18.4 Å². The molecule has 2 aromatic heterocycles. The molecular weight excluding hydrogens is 416 g/mol. The Hall–Kier alpha value is -3.33. The van der Waals surface area contributed by atoms with Gasteiger partial charge in [0.25, 0.3) is 0 Å². The smallest absolute Gasteiger partial charge is 0.310 e. The molecular formula is C23H25F2N5O2. The van der Waals surface area contributed by atoms with E-state index in [0.29, 0.717) is 55.2 Å². The van der Waals surface area contributed by atoms with Crippen LogP contribution in [0.3, 0.4) is 0 Å². The molecule has 0 amide bonds. The summed E-state index contributed by atoms with van der Waals surface area (Å²) < 4.78 is 28.9. The lowest BCUT2D eigenvalue weighted by Gasteiger charge is -2.39. The normalized spacial score (nSPS) is 16.1. The van der Waals surface area contributed by atoms with Crippen LogP contribution in [0.25, 0.3) is 0 Å². The van der Waals surface area contributed by atoms with Gasteiger partial charge in [-0.3, -0.25) is 14.8 Å². The molecule has 0 radical (unpaired) electrons. The number of carboxylic acid groups (broad SMARTS) is 1. The van der Waals surface area contributed by atoms with Crippen LogP contribution in [0.15, 0.2) is 42.6 Å². The third-order valence-corrected chi connectivity index (χ3v) is 6.11. The molecule has 7 nitrogen and oxygen atoms in total. The van der Waals surface area contributed by atoms with Gasteiger partial charge in [-0.1, -0.05) is 18.2 Å². The number of halogens is 2. The fraction of sp³-hybridized carbons (Fsp3) is 0.348. The predicted octanol–water partition coefficient (Wildman–Crippen LogP) is 4.04. The summed E-state index contributed by atoms with van der Waals surface area (Å²) in [6.45, 7) is 3.10. The highest BCUT2D eigenvalue weighted by Crippen LogP contribution is 2.36. The summed E-state index contributed by atoms with van der Waals surface area (Å²) in [5.41, 5.74) is 0.161. The summed E-state index contributed by atoms with van der Waals surface area (Å²) in [7, 11) is 0. The van der Waals surface area contributed by atoms with Gasteiger partial charge in [-0.05, 0) is 50.6 Å². The number of benzene rings is 1. The van der Waals surface area contributed by atoms with Gasteiger partial charge in [-0.25, -0.2) is 13.8 Å². The molecule has 1 fully saturated rings. The summed E-state index contributed by atoms with van der Waals surface area (Å²) in [6, 6.07) is 9.76. The second-order valence-electron chi connectivity index (χ2n) is 8.30. The molecule has 3 N–H and O–H groups in total. The van der Waals surface area contributed by atoms with E-state index < -0.39 is 17.2 Å². The first-order chi connectivity index (χ1) is 15.4. The summed E-state index contributed by atoms with van der Waals surface area (Å²) in [4.78, 5) is 18.6. The van der Waals surface area contributed by atoms with Crippen LogP contribution in [0.2, 0.25) is 0 Å². The van der Waals surface area contributed by atoms with Crippen LogP contribution in [0, 0.1) is 24.0 Å². The zero-order valence-electron chi connectivity index (χ0n) is 17.7. The van der Waals surface area contributed by atoms with Crippen LogP contribution in [0.4, 0.5) is 20.4 Å². The third-order valence-electron chi connectivity index (χ3n) is 6.11. The van der Waals surface area contributed by atoms with E-state index in [0.717, 1.165) is 0 Å². The molecule has 0 bridgehead atoms. The molecule has 32 heavy (non-hydrogen) atoms. The Bertz CT molecular complexity index is 1100. The number of hydrogen-bond donors (Lipinski definition) is 3. The number of piperidine rings is 1. The average molecular weight is 441 g/mol. The highest BCUT2D eigenvalue weighted by atomic mass is 19.1. The number of aryl methyl sites for hydroxylation is 1. The molecule has 1 aliphatic heterocycles. The number of pyridine rings is 1. The Balaban J connectivity index is 1.47. The fourth-order valence-corrected chi connectivity index (χ4v) is 4.14. The topological polar surface area (TPSA) is 94.1 Å². The van der Waals surface area contributed by atoms with Gasteiger partial charge in [0.2, 0.25) is 0 Å². The maximum Gasteiger partial charge on any atom is 0.310 e. The number of nitrogens with one attached hydrogen (secondary N) is 2. The first kappa shape index (κ1) is 21.9. The number of anilines is 2. The Morgan fingerprint density at radius 1 is 1.19 bits per heavy atom. The molecule has 1 aliphatic rings. The Morgan fingerprint density at radius 3 is 2.66 bits per heavy atom. The maximum atomic E-state index is 14.5. The number of nitrogens with zero attached hydrogens (tertiary/aromatic N) is 3. The minimum Gasteiger partial charge on any atom is -0.481 e. The van der Waals surface area contributed by atoms with E-state index in [1.165, 1.54) is 12.1 Å². The molecule has 3 heterocycles. The lowest BCUT2D eigenvalue weighted by atomic mass is 9.74. The molecule has 1 saturated heterocycles. The minimum absolute atomic E-state index is 0.0170. The predicted molar refractivity (Wildman–Crippen MR) is 115 cm³/mol. The van der Waals surface area contributed by atoms with Gasteiger partial charge in [0.05, 0.1) is 11.1 Å². The molecule has 4 rings (SSSR count). The number of aromatic nitrogens is 3. The number of carbonyl (C=O) groups is 1. The quantitative estimate of drug-likeness (QED) is 0.512. The highest BCUT2D eigenvalue weighted by molar-refractivity contribution is 5.75. The number of aliphatic carboxylic acids is 1. The number of H-pyrrole nitrogens is 1. The monoisotopic (exact) mass is 441 g/mol. The van der Waals surface area contributed by atoms with Crippen LogP contribution in [0.1, 0.15) is 29.7 Å². The van der Waals surface area contributed by atoms with Crippen molar-refractivity contribution in [3.63, 3.8) is 0 Å². The Morgan fingerprint density at radius 2 is 1.97 bits per heavy atom. The van der Waals surface area contributed by atoms with E-state index >= 15 is 0 Å². The van der Waals surface area contributed by atoms with Crippen molar-refractivity contribution < 1.29 is 18.7 Å². The van der Waals surface area contributed by atoms with E-state index in [9.17, 15) is 18.7 Å². The lowest BCUT2D eigenvalue weighted by molar-refractivity contribution is -0.152. The van der Waals surface area contributed by atoms with Gasteiger partial charge in [0.1, 0.15) is 17.5 Å². The number of carboxylic acids is 1. The number of aromatic amines is 1. The summed E-state index contributed by atoms with van der Waals surface area (Å²) in [6.07, 6.45) is 2.28. The van der Waals surface area contributed by atoms with Crippen LogP contribution >= 0.6 is 0 Å². The molecule has 168 valence electrons. The molecule has 3 aromatic rings. The molecule has 0 saturated carbocycles. The van der Waals surface area contributed by atoms with Gasteiger partial charge in [0.15, 0.2) is 5.82 Å². The maximum absolute atomic E-state index is 14.5. The Kier molecular flexibility index (Phi) is 6.18. The van der Waals surface area contributed by atoms with E-state index in [1.54, 1.807) is 31.3 Å². The SMILES string of the molecule is Cc1cccc(CN2CCC(Cc3nc(Nc4cc[nH]n4)ccc3F)(C(=O)O)CC2)c1F. The highest BCUT2D eigenvalue weighted by Gasteiger charge is 2.42. The number of likely N-dealkylation sites (tertiary alicyclic amines) is 1. The van der Waals surface area contributed by atoms with Crippen LogP contribution in [-0.4, -0.2) is 44.2 Å². The largest absolute Gasteiger partial charge is 0.481 e. The summed E-state index contributed by atoms with van der Waals surface area (Å²) in [5.74, 6) is -0.815. The molecule has 0 aliphatic carbocycles. The van der Waals surface area contributed by atoms with E-state index in [-0.39, 0.29) is 17.9 Å². The zero-order valence-corrected chi connectivity index (χ0v) is 17.7. The Labute approximate surface area is 184 Å². The molecule has 0 spiro atoms. The minimum atomic E-state index is -1.12. The van der Waals surface area contributed by atoms with Crippen molar-refractivity contribution >= 4 is 17.6 Å². The van der Waals surface area contributed by atoms with E-state index in [2.05, 4.69) is 20.5 Å². The van der Waals surface area contributed by atoms with Gasteiger partial charge < -0.3 is 10.4 Å². The number of rotatable bonds is 7. The van der Waals surface area contributed by atoms with E-state index in [1.807, 2.05) is 11.0 Å². The van der Waals surface area contributed by atoms with Crippen molar-refractivity contribution in [2.24, 2.45) is 5.41 Å². The van der Waals surface area contributed by atoms with Crippen LogP contribution in [0.5, 0.6) is 0 Å². The first-order valence-corrected chi connectivity index (χ1v) is 10.5. The molecule has 0 atom stereocenters. The fourth-order valence-electron chi connectivity index (χ4n) is 4.14. The van der Waals surface area contributed by atoms with Crippen LogP contribution < -0.4 is 5.32 Å². The second-order valence-corrected chi connectivity index (χ2v) is 8.30. The van der Waals surface area contributed by atoms with Crippen LogP contribution in [-0.2, 0) is 17.8 Å². The van der Waals surface area contributed by atoms with Gasteiger partial charge >= 0.3 is 5.97 Å². The van der Waals surface area contributed by atoms with Crippen molar-refractivity contribution in [3.05, 3.63) is 71.1 Å². The average Bonchev–Trinajstić information content (AvgIpc) is 3.28. The lowest BCUT2D eigenvalue weighted by Crippen LogP contribution is -2.45. The standard InChI is InChI=1S/C23H25F2N5O2/c1-15-3-2-4-16(21(15)25)14-30-11-8-23(9-12-30,22(31)32)13-18-17(24)5-6-19(27-18)28-20-7-10-26-29-20/h2-7,10H,8-9,11-14H2,1H3,(H,31,32)(H2,26,27,28,29). The van der Waals surface area contributed by atoms with E-state index in [4.69, 9.17) is 0 Å². The molecule has 0 unspecified atom stereocenters. The van der Waals surface area contributed by atoms with Gasteiger partial charge in [-0.2, -0.15) is 5.10 Å². The van der Waals surface area contributed by atoms with Crippen molar-refractivity contribution in [3.8, 4) is 0 Å². The van der Waals surface area contributed by atoms with Crippen molar-refractivity contribution in [1.29, 1.82) is 0 Å². The molecule has 1 aromatic carbocycles. The summed E-state index contributed by atoms with van der Waals surface area (Å²) in [5, 5.41) is 19.6. The second kappa shape index (κ2) is 9.04. The van der Waals surface area contributed by atoms with Gasteiger partial charge in [0, 0.05) is 30.8 Å². The summed E-state index contributed by atoms with van der Waals surface area (Å²) >= 11 is 0. The van der Waals surface area contributed by atoms with Crippen molar-refractivity contribution in [2.45, 2.75) is 32.7 Å².